The molecule has 0 bridgehead atoms. The van der Waals surface area contributed by atoms with Crippen molar-refractivity contribution in [1.82, 2.24) is 5.16 Å². The average molecular weight is 435 g/mol. The van der Waals surface area contributed by atoms with E-state index in [1.807, 2.05) is 0 Å². The number of nitrogens with one attached hydrogen (secondary N) is 2. The highest BCUT2D eigenvalue weighted by molar-refractivity contribution is 7.93. The van der Waals surface area contributed by atoms with E-state index in [0.717, 1.165) is 5.69 Å². The normalized spacial score (nSPS) is 14.2. The van der Waals surface area contributed by atoms with Gasteiger partial charge >= 0.3 is 0 Å². The Balaban J connectivity index is 1.74. The molecule has 1 aliphatic heterocycles. The predicted molar refractivity (Wildman–Crippen MR) is 109 cm³/mol. The van der Waals surface area contributed by atoms with Gasteiger partial charge in [0.1, 0.15) is 22.6 Å². The summed E-state index contributed by atoms with van der Waals surface area (Å²) in [4.78, 5) is -0.145. The van der Waals surface area contributed by atoms with E-state index >= 15 is 0 Å². The Hall–Kier alpha value is -3.18. The third-order valence-electron chi connectivity index (χ3n) is 4.65. The van der Waals surface area contributed by atoms with Crippen molar-refractivity contribution in [1.29, 1.82) is 0 Å². The van der Waals surface area contributed by atoms with Crippen LogP contribution in [-0.4, -0.2) is 54.2 Å². The first kappa shape index (κ1) is 20.1. The molecule has 0 atom stereocenters. The van der Waals surface area contributed by atoms with Gasteiger partial charge in [0.25, 0.3) is 10.0 Å². The lowest BCUT2D eigenvalue weighted by molar-refractivity contribution is 0.0211. The lowest BCUT2D eigenvalue weighted by Crippen LogP contribution is -2.40. The van der Waals surface area contributed by atoms with Crippen molar-refractivity contribution in [3.8, 4) is 17.2 Å². The molecule has 2 N–H and O–H groups in total. The molecule has 1 fully saturated rings. The van der Waals surface area contributed by atoms with E-state index in [2.05, 4.69) is 15.2 Å². The topological polar surface area (TPSA) is 121 Å². The number of hydrogen-bond donors (Lipinski definition) is 2. The first-order chi connectivity index (χ1) is 14.5. The lowest BCUT2D eigenvalue weighted by atomic mass is 10.2. The van der Waals surface area contributed by atoms with Crippen LogP contribution in [0.1, 0.15) is 0 Å². The van der Waals surface area contributed by atoms with Crippen LogP contribution in [-0.2, 0) is 14.8 Å². The maximum absolute atomic E-state index is 13.1. The van der Waals surface area contributed by atoms with E-state index in [1.165, 1.54) is 33.5 Å². The van der Waals surface area contributed by atoms with Crippen molar-refractivity contribution in [2.24, 2.45) is 0 Å². The molecule has 0 radical (unpaired) electrons. The number of fused-ring (bicyclic) bond motifs is 1. The zero-order valence-electron chi connectivity index (χ0n) is 16.6. The molecule has 2 heterocycles. The van der Waals surface area contributed by atoms with Gasteiger partial charge in [0, 0.05) is 17.8 Å². The molecular weight excluding hydrogens is 414 g/mol. The van der Waals surface area contributed by atoms with Crippen LogP contribution in [0.2, 0.25) is 0 Å². The van der Waals surface area contributed by atoms with E-state index in [9.17, 15) is 8.42 Å². The van der Waals surface area contributed by atoms with Gasteiger partial charge in [-0.1, -0.05) is 11.2 Å². The van der Waals surface area contributed by atoms with Gasteiger partial charge in [-0.25, -0.2) is 8.42 Å². The fourth-order valence-corrected chi connectivity index (χ4v) is 4.49. The molecule has 1 saturated heterocycles. The number of aromatic nitrogens is 1. The smallest absolute Gasteiger partial charge is 0.270 e. The molecule has 160 valence electrons. The first-order valence-electron chi connectivity index (χ1n) is 9.02. The van der Waals surface area contributed by atoms with Crippen molar-refractivity contribution in [3.05, 3.63) is 30.3 Å². The van der Waals surface area contributed by atoms with Gasteiger partial charge in [0.05, 0.1) is 40.6 Å². The molecule has 4 rings (SSSR count). The molecule has 0 aliphatic carbocycles. The minimum Gasteiger partial charge on any atom is -0.496 e. The summed E-state index contributed by atoms with van der Waals surface area (Å²) < 4.78 is 55.1. The molecule has 1 aromatic heterocycles. The van der Waals surface area contributed by atoms with E-state index in [-0.39, 0.29) is 28.3 Å². The zero-order chi connectivity index (χ0) is 21.3. The molecular formula is C19H21N3O7S. The molecule has 1 aliphatic rings. The number of sulfonamides is 1. The van der Waals surface area contributed by atoms with Crippen LogP contribution in [0.5, 0.6) is 17.2 Å². The SMILES string of the molecule is COc1cccc(OC)c1S(=O)(=O)Nc1noc2cc(NC3COC3)cc(OC)c12. The molecule has 0 spiro atoms. The Morgan fingerprint density at radius 2 is 1.70 bits per heavy atom. The van der Waals surface area contributed by atoms with E-state index in [0.29, 0.717) is 29.9 Å². The van der Waals surface area contributed by atoms with Gasteiger partial charge in [-0.2, -0.15) is 0 Å². The minimum atomic E-state index is -4.12. The molecule has 10 nitrogen and oxygen atoms in total. The van der Waals surface area contributed by atoms with Gasteiger partial charge in [0.15, 0.2) is 16.3 Å². The number of rotatable bonds is 8. The lowest BCUT2D eigenvalue weighted by Gasteiger charge is -2.27. The van der Waals surface area contributed by atoms with Crippen LogP contribution in [0.3, 0.4) is 0 Å². The summed E-state index contributed by atoms with van der Waals surface area (Å²) in [6.45, 7) is 1.23. The van der Waals surface area contributed by atoms with Crippen molar-refractivity contribution in [2.75, 3.05) is 44.6 Å². The first-order valence-corrected chi connectivity index (χ1v) is 10.5. The summed E-state index contributed by atoms with van der Waals surface area (Å²) in [6, 6.07) is 8.36. The van der Waals surface area contributed by atoms with Crippen LogP contribution in [0, 0.1) is 0 Å². The molecule has 30 heavy (non-hydrogen) atoms. The fourth-order valence-electron chi connectivity index (χ4n) is 3.16. The monoisotopic (exact) mass is 435 g/mol. The van der Waals surface area contributed by atoms with Crippen LogP contribution in [0.25, 0.3) is 11.0 Å². The summed E-state index contributed by atoms with van der Waals surface area (Å²) >= 11 is 0. The third kappa shape index (κ3) is 3.57. The Kier molecular flexibility index (Phi) is 5.31. The third-order valence-corrected chi connectivity index (χ3v) is 6.05. The van der Waals surface area contributed by atoms with Crippen LogP contribution >= 0.6 is 0 Å². The van der Waals surface area contributed by atoms with Gasteiger partial charge in [0.2, 0.25) is 0 Å². The maximum atomic E-state index is 13.1. The van der Waals surface area contributed by atoms with Crippen LogP contribution in [0.15, 0.2) is 39.8 Å². The van der Waals surface area contributed by atoms with Gasteiger partial charge < -0.3 is 28.8 Å². The number of benzene rings is 2. The molecule has 11 heteroatoms. The predicted octanol–water partition coefficient (Wildman–Crippen LogP) is 2.47. The summed E-state index contributed by atoms with van der Waals surface area (Å²) in [5.41, 5.74) is 1.12. The number of anilines is 2. The van der Waals surface area contributed by atoms with E-state index in [1.54, 1.807) is 18.2 Å². The Bertz CT molecular complexity index is 1150. The van der Waals surface area contributed by atoms with E-state index < -0.39 is 10.0 Å². The highest BCUT2D eigenvalue weighted by atomic mass is 32.2. The Morgan fingerprint density at radius 3 is 2.27 bits per heavy atom. The van der Waals surface area contributed by atoms with Crippen molar-refractivity contribution in [3.63, 3.8) is 0 Å². The molecule has 3 aromatic rings. The number of ether oxygens (including phenoxy) is 4. The zero-order valence-corrected chi connectivity index (χ0v) is 17.4. The molecule has 0 amide bonds. The average Bonchev–Trinajstić information content (AvgIpc) is 3.11. The number of hydrogen-bond acceptors (Lipinski definition) is 9. The van der Waals surface area contributed by atoms with Crippen molar-refractivity contribution in [2.45, 2.75) is 10.9 Å². The highest BCUT2D eigenvalue weighted by Gasteiger charge is 2.28. The quantitative estimate of drug-likeness (QED) is 0.549. The largest absolute Gasteiger partial charge is 0.496 e. The second-order valence-electron chi connectivity index (χ2n) is 6.56. The second kappa shape index (κ2) is 7.92. The van der Waals surface area contributed by atoms with Gasteiger partial charge in [-0.3, -0.25) is 4.72 Å². The fraction of sp³-hybridized carbons (Fsp3) is 0.316. The van der Waals surface area contributed by atoms with Crippen LogP contribution < -0.4 is 24.2 Å². The summed E-state index contributed by atoms with van der Waals surface area (Å²) in [7, 11) is 0.124. The van der Waals surface area contributed by atoms with Crippen molar-refractivity contribution < 1.29 is 31.9 Å². The Morgan fingerprint density at radius 1 is 1.03 bits per heavy atom. The molecule has 0 saturated carbocycles. The number of methoxy groups -OCH3 is 3. The molecule has 2 aromatic carbocycles. The summed E-state index contributed by atoms with van der Waals surface area (Å²) in [6.07, 6.45) is 0. The maximum Gasteiger partial charge on any atom is 0.270 e. The standard InChI is InChI=1S/C19H21N3O7S/c1-25-13-5-4-6-14(26-2)18(13)30(23,24)22-19-17-15(27-3)7-11(8-16(17)29-21-19)20-12-9-28-10-12/h4-8,12,20H,9-10H2,1-3H3,(H,21,22). The van der Waals surface area contributed by atoms with Crippen LogP contribution in [0.4, 0.5) is 11.5 Å². The summed E-state index contributed by atoms with van der Waals surface area (Å²) in [5, 5.41) is 7.59. The second-order valence-corrected chi connectivity index (χ2v) is 8.18. The van der Waals surface area contributed by atoms with E-state index in [4.69, 9.17) is 23.5 Å². The minimum absolute atomic E-state index is 0.00617. The highest BCUT2D eigenvalue weighted by Crippen LogP contribution is 2.39. The number of nitrogens with zero attached hydrogens (tertiary/aromatic N) is 1. The summed E-state index contributed by atoms with van der Waals surface area (Å²) in [5.74, 6) is 0.668. The Labute approximate surface area is 173 Å². The molecule has 0 unspecified atom stereocenters. The van der Waals surface area contributed by atoms with Crippen molar-refractivity contribution >= 4 is 32.5 Å². The van der Waals surface area contributed by atoms with Gasteiger partial charge in [-0.15, -0.1) is 0 Å². The van der Waals surface area contributed by atoms with Gasteiger partial charge in [-0.05, 0) is 12.1 Å².